The Hall–Kier alpha value is -1.94. The van der Waals surface area contributed by atoms with Crippen LogP contribution in [0.15, 0.2) is 36.4 Å². The fourth-order valence-corrected chi connectivity index (χ4v) is 2.39. The van der Waals surface area contributed by atoms with E-state index >= 15 is 0 Å². The van der Waals surface area contributed by atoms with E-state index in [-0.39, 0.29) is 12.0 Å². The number of hydrogen-bond donors (Lipinski definition) is 2. The molecule has 1 saturated carbocycles. The first kappa shape index (κ1) is 12.1. The quantitative estimate of drug-likeness (QED) is 0.879. The van der Waals surface area contributed by atoms with Crippen molar-refractivity contribution in [1.82, 2.24) is 10.3 Å². The highest BCUT2D eigenvalue weighted by molar-refractivity contribution is 5.94. The third-order valence-corrected chi connectivity index (χ3v) is 3.59. The molecular weight excluding hydrogens is 240 g/mol. The van der Waals surface area contributed by atoms with E-state index < -0.39 is 0 Å². The Balaban J connectivity index is 1.67. The Labute approximate surface area is 111 Å². The maximum atomic E-state index is 12.0. The van der Waals surface area contributed by atoms with Crippen molar-refractivity contribution in [2.24, 2.45) is 5.92 Å². The first-order chi connectivity index (χ1) is 9.22. The van der Waals surface area contributed by atoms with E-state index in [4.69, 9.17) is 0 Å². The van der Waals surface area contributed by atoms with Crippen molar-refractivity contribution in [3.05, 3.63) is 42.1 Å². The molecule has 0 atom stereocenters. The molecule has 0 saturated heterocycles. The molecule has 1 aromatic heterocycles. The number of aromatic nitrogens is 1. The molecule has 1 fully saturated rings. The lowest BCUT2D eigenvalue weighted by Gasteiger charge is -2.31. The van der Waals surface area contributed by atoms with Gasteiger partial charge in [0.1, 0.15) is 5.69 Å². The van der Waals surface area contributed by atoms with Crippen LogP contribution >= 0.6 is 0 Å². The molecule has 0 radical (unpaired) electrons. The molecule has 0 aliphatic heterocycles. The van der Waals surface area contributed by atoms with Crippen LogP contribution in [-0.4, -0.2) is 28.6 Å². The smallest absolute Gasteiger partial charge is 0.269 e. The topological polar surface area (TPSA) is 62.2 Å². The van der Waals surface area contributed by atoms with E-state index in [1.807, 2.05) is 30.3 Å². The molecule has 19 heavy (non-hydrogen) atoms. The molecule has 1 heterocycles. The van der Waals surface area contributed by atoms with Gasteiger partial charge < -0.3 is 10.4 Å². The number of para-hydroxylation sites is 1. The van der Waals surface area contributed by atoms with Crippen LogP contribution in [0.3, 0.4) is 0 Å². The molecule has 1 aromatic carbocycles. The summed E-state index contributed by atoms with van der Waals surface area (Å²) in [6, 6.07) is 11.4. The number of benzene rings is 1. The van der Waals surface area contributed by atoms with Crippen molar-refractivity contribution in [3.8, 4) is 0 Å². The van der Waals surface area contributed by atoms with Gasteiger partial charge in [-0.3, -0.25) is 4.79 Å². The lowest BCUT2D eigenvalue weighted by atomic mass is 9.82. The van der Waals surface area contributed by atoms with Crippen LogP contribution in [0.1, 0.15) is 23.3 Å². The Morgan fingerprint density at radius 3 is 2.84 bits per heavy atom. The largest absolute Gasteiger partial charge is 0.393 e. The van der Waals surface area contributed by atoms with Gasteiger partial charge in [-0.2, -0.15) is 0 Å². The number of hydrogen-bond acceptors (Lipinski definition) is 3. The number of fused-ring (bicyclic) bond motifs is 1. The highest BCUT2D eigenvalue weighted by Crippen LogP contribution is 2.26. The van der Waals surface area contributed by atoms with Gasteiger partial charge in [0.2, 0.25) is 0 Å². The predicted molar refractivity (Wildman–Crippen MR) is 72.8 cm³/mol. The van der Waals surface area contributed by atoms with E-state index in [1.54, 1.807) is 6.07 Å². The molecule has 2 aromatic rings. The predicted octanol–water partition coefficient (Wildman–Crippen LogP) is 1.74. The van der Waals surface area contributed by atoms with E-state index in [1.165, 1.54) is 0 Å². The van der Waals surface area contributed by atoms with Gasteiger partial charge in [0, 0.05) is 11.9 Å². The fraction of sp³-hybridized carbons (Fsp3) is 0.333. The SMILES string of the molecule is O=C(NCC1CC(O)C1)c1ccc2ccccc2n1. The van der Waals surface area contributed by atoms with E-state index in [0.29, 0.717) is 18.2 Å². The first-order valence-corrected chi connectivity index (χ1v) is 6.54. The maximum Gasteiger partial charge on any atom is 0.269 e. The molecule has 0 spiro atoms. The molecule has 4 heteroatoms. The maximum absolute atomic E-state index is 12.0. The van der Waals surface area contributed by atoms with Gasteiger partial charge in [-0.1, -0.05) is 24.3 Å². The molecule has 1 aliphatic carbocycles. The zero-order valence-corrected chi connectivity index (χ0v) is 10.5. The summed E-state index contributed by atoms with van der Waals surface area (Å²) >= 11 is 0. The molecule has 1 amide bonds. The van der Waals surface area contributed by atoms with Gasteiger partial charge >= 0.3 is 0 Å². The third kappa shape index (κ3) is 2.58. The van der Waals surface area contributed by atoms with Crippen LogP contribution in [0.25, 0.3) is 10.9 Å². The highest BCUT2D eigenvalue weighted by atomic mass is 16.3. The number of pyridine rings is 1. The molecule has 0 bridgehead atoms. The monoisotopic (exact) mass is 256 g/mol. The van der Waals surface area contributed by atoms with Crippen LogP contribution in [0.5, 0.6) is 0 Å². The normalized spacial score (nSPS) is 21.9. The lowest BCUT2D eigenvalue weighted by molar-refractivity contribution is 0.0420. The van der Waals surface area contributed by atoms with E-state index in [2.05, 4.69) is 10.3 Å². The average molecular weight is 256 g/mol. The van der Waals surface area contributed by atoms with Gasteiger partial charge in [-0.25, -0.2) is 4.98 Å². The van der Waals surface area contributed by atoms with Crippen molar-refractivity contribution in [1.29, 1.82) is 0 Å². The van der Waals surface area contributed by atoms with Crippen molar-refractivity contribution in [2.75, 3.05) is 6.54 Å². The van der Waals surface area contributed by atoms with Crippen molar-refractivity contribution >= 4 is 16.8 Å². The van der Waals surface area contributed by atoms with Crippen LogP contribution in [0, 0.1) is 5.92 Å². The number of nitrogens with one attached hydrogen (secondary N) is 1. The Kier molecular flexibility index (Phi) is 3.17. The number of aliphatic hydroxyl groups excluding tert-OH is 1. The molecule has 1 aliphatic rings. The zero-order valence-electron chi connectivity index (χ0n) is 10.5. The van der Waals surface area contributed by atoms with Crippen LogP contribution in [0.2, 0.25) is 0 Å². The molecule has 0 unspecified atom stereocenters. The van der Waals surface area contributed by atoms with Crippen molar-refractivity contribution in [3.63, 3.8) is 0 Å². The summed E-state index contributed by atoms with van der Waals surface area (Å²) in [4.78, 5) is 16.3. The lowest BCUT2D eigenvalue weighted by Crippen LogP contribution is -2.38. The van der Waals surface area contributed by atoms with Gasteiger partial charge in [0.25, 0.3) is 5.91 Å². The number of aliphatic hydroxyl groups is 1. The third-order valence-electron chi connectivity index (χ3n) is 3.59. The summed E-state index contributed by atoms with van der Waals surface area (Å²) in [7, 11) is 0. The van der Waals surface area contributed by atoms with Crippen LogP contribution in [0.4, 0.5) is 0 Å². The van der Waals surface area contributed by atoms with Gasteiger partial charge in [0.15, 0.2) is 0 Å². The summed E-state index contributed by atoms with van der Waals surface area (Å²) < 4.78 is 0. The first-order valence-electron chi connectivity index (χ1n) is 6.54. The van der Waals surface area contributed by atoms with Gasteiger partial charge in [-0.15, -0.1) is 0 Å². The zero-order chi connectivity index (χ0) is 13.2. The van der Waals surface area contributed by atoms with Gasteiger partial charge in [-0.05, 0) is 30.9 Å². The molecule has 2 N–H and O–H groups in total. The molecular formula is C15H16N2O2. The number of carbonyl (C=O) groups excluding carboxylic acids is 1. The summed E-state index contributed by atoms with van der Waals surface area (Å²) in [5.74, 6) is 0.256. The van der Waals surface area contributed by atoms with Crippen molar-refractivity contribution < 1.29 is 9.90 Å². The second-order valence-electron chi connectivity index (χ2n) is 5.09. The number of rotatable bonds is 3. The van der Waals surface area contributed by atoms with E-state index in [9.17, 15) is 9.90 Å². The van der Waals surface area contributed by atoms with Gasteiger partial charge in [0.05, 0.1) is 11.6 Å². The Morgan fingerprint density at radius 2 is 2.05 bits per heavy atom. The highest BCUT2D eigenvalue weighted by Gasteiger charge is 2.27. The average Bonchev–Trinajstić information content (AvgIpc) is 2.41. The molecule has 4 nitrogen and oxygen atoms in total. The Morgan fingerprint density at radius 1 is 1.26 bits per heavy atom. The van der Waals surface area contributed by atoms with Crippen LogP contribution in [-0.2, 0) is 0 Å². The second kappa shape index (κ2) is 4.97. The Bertz CT molecular complexity index is 606. The van der Waals surface area contributed by atoms with Crippen molar-refractivity contribution in [2.45, 2.75) is 18.9 Å². The minimum absolute atomic E-state index is 0.146. The number of amides is 1. The standard InChI is InChI=1S/C15H16N2O2/c18-12-7-10(8-12)9-16-15(19)14-6-5-11-3-1-2-4-13(11)17-14/h1-6,10,12,18H,7-9H2,(H,16,19). The second-order valence-corrected chi connectivity index (χ2v) is 5.09. The summed E-state index contributed by atoms with van der Waals surface area (Å²) in [6.45, 7) is 0.615. The summed E-state index contributed by atoms with van der Waals surface area (Å²) in [5, 5.41) is 13.1. The summed E-state index contributed by atoms with van der Waals surface area (Å²) in [6.07, 6.45) is 1.39. The summed E-state index contributed by atoms with van der Waals surface area (Å²) in [5.41, 5.74) is 1.27. The van der Waals surface area contributed by atoms with E-state index in [0.717, 1.165) is 23.7 Å². The number of nitrogens with zero attached hydrogens (tertiary/aromatic N) is 1. The molecule has 3 rings (SSSR count). The molecule has 98 valence electrons. The minimum Gasteiger partial charge on any atom is -0.393 e. The van der Waals surface area contributed by atoms with Crippen LogP contribution < -0.4 is 5.32 Å². The minimum atomic E-state index is -0.180. The fourth-order valence-electron chi connectivity index (χ4n) is 2.39. The number of carbonyl (C=O) groups is 1.